The number of rotatable bonds is 7. The van der Waals surface area contributed by atoms with E-state index in [1.54, 1.807) is 25.1 Å². The van der Waals surface area contributed by atoms with Crippen molar-refractivity contribution in [2.24, 2.45) is 0 Å². The monoisotopic (exact) mass is 424 g/mol. The molecular weight excluding hydrogens is 400 g/mol. The SMILES string of the molecule is COC(=O)CCn1c(S[C@H](C)C(=O)c2cc(C)ccc2C)nc2ccccc2c1=O. The van der Waals surface area contributed by atoms with Gasteiger partial charge in [0.25, 0.3) is 5.56 Å². The number of thioether (sulfide) groups is 1. The van der Waals surface area contributed by atoms with Gasteiger partial charge < -0.3 is 4.74 Å². The van der Waals surface area contributed by atoms with Crippen LogP contribution in [0.5, 0.6) is 0 Å². The van der Waals surface area contributed by atoms with Crippen LogP contribution in [0.15, 0.2) is 52.4 Å². The number of hydrogen-bond donors (Lipinski definition) is 0. The molecule has 0 N–H and O–H groups in total. The predicted molar refractivity (Wildman–Crippen MR) is 118 cm³/mol. The van der Waals surface area contributed by atoms with E-state index in [9.17, 15) is 14.4 Å². The lowest BCUT2D eigenvalue weighted by atomic mass is 10.0. The molecule has 3 rings (SSSR count). The standard InChI is InChI=1S/C23H24N2O4S/c1-14-9-10-15(2)18(13-14)21(27)16(3)30-23-24-19-8-6-5-7-17(19)22(28)25(23)12-11-20(26)29-4/h5-10,13,16H,11-12H2,1-4H3/t16-/m1/s1. The molecule has 1 heterocycles. The van der Waals surface area contributed by atoms with E-state index in [-0.39, 0.29) is 24.3 Å². The summed E-state index contributed by atoms with van der Waals surface area (Å²) >= 11 is 1.23. The highest BCUT2D eigenvalue weighted by Gasteiger charge is 2.22. The van der Waals surface area contributed by atoms with Gasteiger partial charge in [0.05, 0.1) is 29.7 Å². The average Bonchev–Trinajstić information content (AvgIpc) is 2.74. The van der Waals surface area contributed by atoms with E-state index in [1.807, 2.05) is 38.1 Å². The number of ether oxygens (including phenoxy) is 1. The molecular formula is C23H24N2O4S. The molecule has 30 heavy (non-hydrogen) atoms. The minimum absolute atomic E-state index is 0.0249. The minimum Gasteiger partial charge on any atom is -0.469 e. The second-order valence-corrected chi connectivity index (χ2v) is 8.45. The number of ketones is 1. The molecule has 0 unspecified atom stereocenters. The van der Waals surface area contributed by atoms with Crippen LogP contribution in [-0.2, 0) is 16.1 Å². The second kappa shape index (κ2) is 9.26. The zero-order valence-electron chi connectivity index (χ0n) is 17.5. The highest BCUT2D eigenvalue weighted by atomic mass is 32.2. The summed E-state index contributed by atoms with van der Waals surface area (Å²) in [7, 11) is 1.31. The molecule has 0 fully saturated rings. The van der Waals surface area contributed by atoms with Crippen LogP contribution >= 0.6 is 11.8 Å². The maximum atomic E-state index is 13.1. The zero-order valence-corrected chi connectivity index (χ0v) is 18.3. The van der Waals surface area contributed by atoms with Gasteiger partial charge in [-0.25, -0.2) is 4.98 Å². The van der Waals surface area contributed by atoms with E-state index in [1.165, 1.54) is 23.4 Å². The van der Waals surface area contributed by atoms with Gasteiger partial charge in [-0.05, 0) is 44.5 Å². The first-order valence-corrected chi connectivity index (χ1v) is 10.5. The quantitative estimate of drug-likeness (QED) is 0.247. The van der Waals surface area contributed by atoms with E-state index >= 15 is 0 Å². The fourth-order valence-corrected chi connectivity index (χ4v) is 4.17. The molecule has 0 bridgehead atoms. The van der Waals surface area contributed by atoms with Gasteiger partial charge in [0, 0.05) is 12.1 Å². The predicted octanol–water partition coefficient (Wildman–Crippen LogP) is 3.94. The van der Waals surface area contributed by atoms with Gasteiger partial charge in [0.1, 0.15) is 0 Å². The van der Waals surface area contributed by atoms with Crippen molar-refractivity contribution in [3.63, 3.8) is 0 Å². The molecule has 2 aromatic carbocycles. The Kier molecular flexibility index (Phi) is 6.72. The first-order valence-electron chi connectivity index (χ1n) is 9.66. The maximum Gasteiger partial charge on any atom is 0.307 e. The number of hydrogen-bond acceptors (Lipinski definition) is 6. The van der Waals surface area contributed by atoms with E-state index in [0.717, 1.165) is 11.1 Å². The van der Waals surface area contributed by atoms with Crippen LogP contribution in [0.1, 0.15) is 34.8 Å². The lowest BCUT2D eigenvalue weighted by Gasteiger charge is -2.16. The van der Waals surface area contributed by atoms with Crippen molar-refractivity contribution in [3.05, 3.63) is 69.5 Å². The Bertz CT molecular complexity index is 1170. The Labute approximate surface area is 179 Å². The molecule has 6 nitrogen and oxygen atoms in total. The summed E-state index contributed by atoms with van der Waals surface area (Å²) in [4.78, 5) is 42.4. The van der Waals surface area contributed by atoms with Crippen molar-refractivity contribution < 1.29 is 14.3 Å². The van der Waals surface area contributed by atoms with Crippen molar-refractivity contribution >= 4 is 34.4 Å². The minimum atomic E-state index is -0.456. The Balaban J connectivity index is 1.99. The topological polar surface area (TPSA) is 78.3 Å². The van der Waals surface area contributed by atoms with E-state index in [2.05, 4.69) is 4.98 Å². The van der Waals surface area contributed by atoms with Gasteiger partial charge in [0.15, 0.2) is 10.9 Å². The molecule has 0 spiro atoms. The summed E-state index contributed by atoms with van der Waals surface area (Å²) in [5.41, 5.74) is 2.91. The van der Waals surface area contributed by atoms with Crippen LogP contribution in [0.2, 0.25) is 0 Å². The first kappa shape index (κ1) is 21.8. The smallest absolute Gasteiger partial charge is 0.307 e. The Morgan fingerprint density at radius 3 is 2.63 bits per heavy atom. The van der Waals surface area contributed by atoms with Gasteiger partial charge >= 0.3 is 5.97 Å². The van der Waals surface area contributed by atoms with Crippen molar-refractivity contribution in [1.29, 1.82) is 0 Å². The summed E-state index contributed by atoms with van der Waals surface area (Å²) < 4.78 is 6.16. The average molecular weight is 425 g/mol. The molecule has 0 radical (unpaired) electrons. The fourth-order valence-electron chi connectivity index (χ4n) is 3.17. The number of Topliss-reactive ketones (excluding diaryl/α,β-unsaturated/α-hetero) is 1. The van der Waals surface area contributed by atoms with E-state index in [4.69, 9.17) is 4.74 Å². The van der Waals surface area contributed by atoms with Crippen LogP contribution < -0.4 is 5.56 Å². The van der Waals surface area contributed by atoms with Crippen LogP contribution in [0, 0.1) is 13.8 Å². The van der Waals surface area contributed by atoms with Crippen molar-refractivity contribution in [3.8, 4) is 0 Å². The number of aryl methyl sites for hydroxylation is 2. The number of carbonyl (C=O) groups excluding carboxylic acids is 2. The zero-order chi connectivity index (χ0) is 21.8. The highest BCUT2D eigenvalue weighted by Crippen LogP contribution is 2.26. The van der Waals surface area contributed by atoms with Crippen LogP contribution in [-0.4, -0.2) is 33.7 Å². The Hall–Kier alpha value is -2.93. The molecule has 0 aliphatic carbocycles. The highest BCUT2D eigenvalue weighted by molar-refractivity contribution is 8.00. The number of nitrogens with zero attached hydrogens (tertiary/aromatic N) is 2. The lowest BCUT2D eigenvalue weighted by molar-refractivity contribution is -0.140. The van der Waals surface area contributed by atoms with Gasteiger partial charge in [0.2, 0.25) is 0 Å². The van der Waals surface area contributed by atoms with Gasteiger partial charge in [-0.2, -0.15) is 0 Å². The molecule has 1 aromatic heterocycles. The number of fused-ring (bicyclic) bond motifs is 1. The van der Waals surface area contributed by atoms with E-state index < -0.39 is 11.2 Å². The molecule has 0 aliphatic rings. The van der Waals surface area contributed by atoms with Gasteiger partial charge in [-0.15, -0.1) is 0 Å². The molecule has 7 heteroatoms. The normalized spacial score (nSPS) is 12.0. The Morgan fingerprint density at radius 2 is 1.90 bits per heavy atom. The third kappa shape index (κ3) is 4.62. The molecule has 1 atom stereocenters. The summed E-state index contributed by atoms with van der Waals surface area (Å²) in [6.45, 7) is 5.80. The van der Waals surface area contributed by atoms with Crippen molar-refractivity contribution in [1.82, 2.24) is 9.55 Å². The number of methoxy groups -OCH3 is 1. The van der Waals surface area contributed by atoms with Crippen LogP contribution in [0.25, 0.3) is 10.9 Å². The van der Waals surface area contributed by atoms with Gasteiger partial charge in [-0.1, -0.05) is 41.6 Å². The van der Waals surface area contributed by atoms with E-state index in [0.29, 0.717) is 21.6 Å². The molecule has 0 aliphatic heterocycles. The number of esters is 1. The summed E-state index contributed by atoms with van der Waals surface area (Å²) in [6, 6.07) is 12.8. The summed E-state index contributed by atoms with van der Waals surface area (Å²) in [5.74, 6) is -0.436. The maximum absolute atomic E-state index is 13.1. The van der Waals surface area contributed by atoms with Crippen molar-refractivity contribution in [2.75, 3.05) is 7.11 Å². The summed E-state index contributed by atoms with van der Waals surface area (Å²) in [5, 5.41) is 0.428. The van der Waals surface area contributed by atoms with Crippen LogP contribution in [0.3, 0.4) is 0 Å². The molecule has 0 amide bonds. The summed E-state index contributed by atoms with van der Waals surface area (Å²) in [6.07, 6.45) is 0.0449. The second-order valence-electron chi connectivity index (χ2n) is 7.14. The molecule has 156 valence electrons. The number of benzene rings is 2. The number of carbonyl (C=O) groups is 2. The van der Waals surface area contributed by atoms with Crippen molar-refractivity contribution in [2.45, 2.75) is 44.1 Å². The molecule has 0 saturated carbocycles. The molecule has 3 aromatic rings. The third-order valence-electron chi connectivity index (χ3n) is 4.90. The largest absolute Gasteiger partial charge is 0.469 e. The Morgan fingerprint density at radius 1 is 1.17 bits per heavy atom. The molecule has 0 saturated heterocycles. The van der Waals surface area contributed by atoms with Gasteiger partial charge in [-0.3, -0.25) is 19.0 Å². The first-order chi connectivity index (χ1) is 14.3. The lowest BCUT2D eigenvalue weighted by Crippen LogP contribution is -2.26. The number of aromatic nitrogens is 2. The fraction of sp³-hybridized carbons (Fsp3) is 0.304. The third-order valence-corrected chi connectivity index (χ3v) is 5.99. The number of para-hydroxylation sites is 1. The van der Waals surface area contributed by atoms with Crippen LogP contribution in [0.4, 0.5) is 0 Å².